The summed E-state index contributed by atoms with van der Waals surface area (Å²) >= 11 is 5.73. The zero-order chi connectivity index (χ0) is 9.52. The third kappa shape index (κ3) is 3.90. The van der Waals surface area contributed by atoms with Crippen LogP contribution in [0, 0.1) is 0 Å². The Hall–Kier alpha value is -1.08. The van der Waals surface area contributed by atoms with Crippen LogP contribution in [0.1, 0.15) is 18.4 Å². The van der Waals surface area contributed by atoms with E-state index in [2.05, 4.69) is 0 Å². The molecule has 13 heavy (non-hydrogen) atoms. The number of aldehydes is 1. The van der Waals surface area contributed by atoms with E-state index in [0.29, 0.717) is 6.42 Å². The second-order valence-electron chi connectivity index (χ2n) is 2.70. The van der Waals surface area contributed by atoms with Gasteiger partial charge >= 0.3 is 0 Å². The molecule has 2 heteroatoms. The van der Waals surface area contributed by atoms with E-state index >= 15 is 0 Å². The van der Waals surface area contributed by atoms with Gasteiger partial charge in [0, 0.05) is 11.4 Å². The van der Waals surface area contributed by atoms with Gasteiger partial charge in [0.15, 0.2) is 0 Å². The number of hydrogen-bond acceptors (Lipinski definition) is 1. The van der Waals surface area contributed by atoms with Crippen molar-refractivity contribution in [3.05, 3.63) is 40.9 Å². The van der Waals surface area contributed by atoms with Gasteiger partial charge in [0.2, 0.25) is 0 Å². The molecule has 1 rings (SSSR count). The zero-order valence-corrected chi connectivity index (χ0v) is 8.00. The number of unbranched alkanes of at least 4 members (excludes halogenated alkanes) is 1. The highest BCUT2D eigenvalue weighted by molar-refractivity contribution is 6.30. The molecular formula is C11H11ClO. The van der Waals surface area contributed by atoms with Crippen LogP contribution in [-0.4, -0.2) is 6.29 Å². The van der Waals surface area contributed by atoms with E-state index in [1.165, 1.54) is 0 Å². The molecule has 0 unspecified atom stereocenters. The van der Waals surface area contributed by atoms with Crippen LogP contribution in [-0.2, 0) is 4.79 Å². The van der Waals surface area contributed by atoms with Crippen molar-refractivity contribution in [1.29, 1.82) is 0 Å². The van der Waals surface area contributed by atoms with Crippen LogP contribution in [0.3, 0.4) is 0 Å². The Kier molecular flexibility index (Phi) is 4.27. The molecule has 0 fully saturated rings. The smallest absolute Gasteiger partial charge is 0.120 e. The van der Waals surface area contributed by atoms with Crippen LogP contribution in [0.25, 0.3) is 6.08 Å². The third-order valence-corrected chi connectivity index (χ3v) is 1.88. The molecule has 0 spiro atoms. The first kappa shape index (κ1) is 10.0. The van der Waals surface area contributed by atoms with E-state index in [4.69, 9.17) is 11.6 Å². The maximum atomic E-state index is 10.0. The number of allylic oxidation sites excluding steroid dienone is 1. The Morgan fingerprint density at radius 1 is 1.15 bits per heavy atom. The predicted octanol–water partition coefficient (Wildman–Crippen LogP) is 3.33. The normalized spacial score (nSPS) is 10.5. The van der Waals surface area contributed by atoms with E-state index in [1.54, 1.807) is 0 Å². The van der Waals surface area contributed by atoms with Gasteiger partial charge in [0.25, 0.3) is 0 Å². The van der Waals surface area contributed by atoms with Crippen molar-refractivity contribution in [2.75, 3.05) is 0 Å². The molecule has 0 atom stereocenters. The van der Waals surface area contributed by atoms with Crippen molar-refractivity contribution in [2.24, 2.45) is 0 Å². The molecule has 0 aliphatic carbocycles. The summed E-state index contributed by atoms with van der Waals surface area (Å²) in [6.07, 6.45) is 6.28. The lowest BCUT2D eigenvalue weighted by Gasteiger charge is -1.92. The largest absolute Gasteiger partial charge is 0.303 e. The SMILES string of the molecule is O=CCCC=Cc1ccc(Cl)cc1. The summed E-state index contributed by atoms with van der Waals surface area (Å²) in [5.74, 6) is 0. The third-order valence-electron chi connectivity index (χ3n) is 1.63. The van der Waals surface area contributed by atoms with Crippen molar-refractivity contribution >= 4 is 24.0 Å². The highest BCUT2D eigenvalue weighted by atomic mass is 35.5. The fourth-order valence-electron chi connectivity index (χ4n) is 0.958. The standard InChI is InChI=1S/C11H11ClO/c12-11-7-5-10(6-8-11)4-2-1-3-9-13/h2,4-9H,1,3H2. The average Bonchev–Trinajstić information content (AvgIpc) is 2.15. The minimum absolute atomic E-state index is 0.587. The minimum atomic E-state index is 0.587. The lowest BCUT2D eigenvalue weighted by atomic mass is 10.2. The molecule has 0 amide bonds. The van der Waals surface area contributed by atoms with Crippen molar-refractivity contribution in [3.8, 4) is 0 Å². The fraction of sp³-hybridized carbons (Fsp3) is 0.182. The molecule has 0 saturated heterocycles. The summed E-state index contributed by atoms with van der Waals surface area (Å²) in [5, 5.41) is 0.741. The topological polar surface area (TPSA) is 17.1 Å². The van der Waals surface area contributed by atoms with Crippen LogP contribution < -0.4 is 0 Å². The van der Waals surface area contributed by atoms with Crippen LogP contribution in [0.5, 0.6) is 0 Å². The first-order chi connectivity index (χ1) is 6.33. The highest BCUT2D eigenvalue weighted by Gasteiger charge is 1.86. The maximum absolute atomic E-state index is 10.0. The Morgan fingerprint density at radius 3 is 2.46 bits per heavy atom. The fourth-order valence-corrected chi connectivity index (χ4v) is 1.08. The van der Waals surface area contributed by atoms with Crippen molar-refractivity contribution < 1.29 is 4.79 Å². The van der Waals surface area contributed by atoms with Gasteiger partial charge in [0.05, 0.1) is 0 Å². The predicted molar refractivity (Wildman–Crippen MR) is 55.8 cm³/mol. The van der Waals surface area contributed by atoms with Crippen molar-refractivity contribution in [1.82, 2.24) is 0 Å². The summed E-state index contributed by atoms with van der Waals surface area (Å²) in [5.41, 5.74) is 1.11. The highest BCUT2D eigenvalue weighted by Crippen LogP contribution is 2.10. The van der Waals surface area contributed by atoms with Gasteiger partial charge in [0.1, 0.15) is 6.29 Å². The summed E-state index contributed by atoms with van der Waals surface area (Å²) < 4.78 is 0. The van der Waals surface area contributed by atoms with E-state index in [0.717, 1.165) is 23.3 Å². The Bertz CT molecular complexity index is 287. The lowest BCUT2D eigenvalue weighted by Crippen LogP contribution is -1.72. The molecule has 0 saturated carbocycles. The van der Waals surface area contributed by atoms with Crippen molar-refractivity contribution in [2.45, 2.75) is 12.8 Å². The molecule has 1 aromatic rings. The van der Waals surface area contributed by atoms with E-state index in [-0.39, 0.29) is 0 Å². The lowest BCUT2D eigenvalue weighted by molar-refractivity contribution is -0.107. The van der Waals surface area contributed by atoms with Gasteiger partial charge in [-0.05, 0) is 24.1 Å². The number of carbonyl (C=O) groups excluding carboxylic acids is 1. The van der Waals surface area contributed by atoms with Crippen LogP contribution in [0.4, 0.5) is 0 Å². The Morgan fingerprint density at radius 2 is 1.85 bits per heavy atom. The van der Waals surface area contributed by atoms with Gasteiger partial charge in [-0.1, -0.05) is 35.9 Å². The molecule has 0 aliphatic heterocycles. The van der Waals surface area contributed by atoms with Crippen LogP contribution in [0.2, 0.25) is 5.02 Å². The van der Waals surface area contributed by atoms with Crippen LogP contribution in [0.15, 0.2) is 30.3 Å². The maximum Gasteiger partial charge on any atom is 0.120 e. The molecule has 1 aromatic carbocycles. The molecule has 0 radical (unpaired) electrons. The number of benzene rings is 1. The number of halogens is 1. The quantitative estimate of drug-likeness (QED) is 0.531. The van der Waals surface area contributed by atoms with Gasteiger partial charge in [-0.2, -0.15) is 0 Å². The summed E-state index contributed by atoms with van der Waals surface area (Å²) in [6, 6.07) is 7.58. The minimum Gasteiger partial charge on any atom is -0.303 e. The molecule has 0 heterocycles. The first-order valence-electron chi connectivity index (χ1n) is 4.18. The van der Waals surface area contributed by atoms with Crippen LogP contribution >= 0.6 is 11.6 Å². The molecule has 0 N–H and O–H groups in total. The summed E-state index contributed by atoms with van der Waals surface area (Å²) in [6.45, 7) is 0. The van der Waals surface area contributed by atoms with E-state index in [9.17, 15) is 4.79 Å². The molecule has 1 nitrogen and oxygen atoms in total. The van der Waals surface area contributed by atoms with Crippen molar-refractivity contribution in [3.63, 3.8) is 0 Å². The average molecular weight is 195 g/mol. The monoisotopic (exact) mass is 194 g/mol. The number of hydrogen-bond donors (Lipinski definition) is 0. The van der Waals surface area contributed by atoms with E-state index in [1.807, 2.05) is 36.4 Å². The van der Waals surface area contributed by atoms with Gasteiger partial charge in [-0.15, -0.1) is 0 Å². The molecular weight excluding hydrogens is 184 g/mol. The summed E-state index contributed by atoms with van der Waals surface area (Å²) in [7, 11) is 0. The zero-order valence-electron chi connectivity index (χ0n) is 7.24. The molecule has 0 bridgehead atoms. The molecule has 0 aliphatic rings. The van der Waals surface area contributed by atoms with Gasteiger partial charge < -0.3 is 4.79 Å². The number of rotatable bonds is 4. The second kappa shape index (κ2) is 5.55. The second-order valence-corrected chi connectivity index (χ2v) is 3.13. The number of carbonyl (C=O) groups is 1. The Labute approximate surface area is 83.0 Å². The molecule has 0 aromatic heterocycles. The molecule has 68 valence electrons. The first-order valence-corrected chi connectivity index (χ1v) is 4.56. The Balaban J connectivity index is 2.49. The summed E-state index contributed by atoms with van der Waals surface area (Å²) in [4.78, 5) is 10.0. The van der Waals surface area contributed by atoms with Gasteiger partial charge in [-0.25, -0.2) is 0 Å². The van der Waals surface area contributed by atoms with E-state index < -0.39 is 0 Å². The van der Waals surface area contributed by atoms with Gasteiger partial charge in [-0.3, -0.25) is 0 Å².